The van der Waals surface area contributed by atoms with Gasteiger partial charge in [0.15, 0.2) is 0 Å². The Balaban J connectivity index is 1.61. The van der Waals surface area contributed by atoms with Crippen LogP contribution in [0.2, 0.25) is 0 Å². The number of amides is 1. The van der Waals surface area contributed by atoms with Crippen molar-refractivity contribution in [3.63, 3.8) is 0 Å². The lowest BCUT2D eigenvalue weighted by molar-refractivity contribution is -0.125. The molecule has 1 amide bonds. The first kappa shape index (κ1) is 16.7. The van der Waals surface area contributed by atoms with Gasteiger partial charge in [-0.1, -0.05) is 60.7 Å². The molecule has 1 atom stereocenters. The van der Waals surface area contributed by atoms with Crippen LogP contribution < -0.4 is 10.6 Å². The molecule has 1 unspecified atom stereocenters. The Labute approximate surface area is 144 Å². The fraction of sp³-hybridized carbons (Fsp3) is 0.381. The summed E-state index contributed by atoms with van der Waals surface area (Å²) in [7, 11) is 0. The molecular formula is C21H26N2O. The molecule has 1 aliphatic heterocycles. The maximum atomic E-state index is 12.3. The van der Waals surface area contributed by atoms with Crippen LogP contribution >= 0.6 is 0 Å². The van der Waals surface area contributed by atoms with E-state index >= 15 is 0 Å². The number of piperidine rings is 1. The third-order valence-electron chi connectivity index (χ3n) is 4.80. The molecule has 126 valence electrons. The molecule has 0 bridgehead atoms. The Bertz CT molecular complexity index is 581. The monoisotopic (exact) mass is 322 g/mol. The summed E-state index contributed by atoms with van der Waals surface area (Å²) in [5, 5.41) is 6.45. The number of hydrogen-bond acceptors (Lipinski definition) is 2. The Morgan fingerprint density at radius 1 is 1.04 bits per heavy atom. The minimum Gasteiger partial charge on any atom is -0.356 e. The summed E-state index contributed by atoms with van der Waals surface area (Å²) in [5.41, 5.74) is 2.61. The highest BCUT2D eigenvalue weighted by Crippen LogP contribution is 2.27. The SMILES string of the molecule is O=C(NCCC(c1ccccc1)c1ccccc1)C1CCCNC1. The van der Waals surface area contributed by atoms with E-state index in [1.54, 1.807) is 0 Å². The molecule has 0 saturated carbocycles. The van der Waals surface area contributed by atoms with E-state index in [-0.39, 0.29) is 11.8 Å². The van der Waals surface area contributed by atoms with Crippen molar-refractivity contribution in [3.8, 4) is 0 Å². The average Bonchev–Trinajstić information content (AvgIpc) is 2.67. The Kier molecular flexibility index (Phi) is 6.02. The van der Waals surface area contributed by atoms with Crippen LogP contribution in [0.25, 0.3) is 0 Å². The van der Waals surface area contributed by atoms with Crippen molar-refractivity contribution < 1.29 is 4.79 Å². The maximum Gasteiger partial charge on any atom is 0.224 e. The van der Waals surface area contributed by atoms with Crippen LogP contribution in [-0.4, -0.2) is 25.5 Å². The highest BCUT2D eigenvalue weighted by Gasteiger charge is 2.21. The van der Waals surface area contributed by atoms with Gasteiger partial charge in [-0.2, -0.15) is 0 Å². The van der Waals surface area contributed by atoms with Gasteiger partial charge >= 0.3 is 0 Å². The zero-order valence-corrected chi connectivity index (χ0v) is 14.1. The van der Waals surface area contributed by atoms with Crippen LogP contribution in [0.4, 0.5) is 0 Å². The molecule has 0 aliphatic carbocycles. The minimum atomic E-state index is 0.130. The molecule has 1 aliphatic rings. The van der Waals surface area contributed by atoms with Gasteiger partial charge in [-0.3, -0.25) is 4.79 Å². The molecule has 3 rings (SSSR count). The lowest BCUT2D eigenvalue weighted by Gasteiger charge is -2.23. The molecule has 0 radical (unpaired) electrons. The highest BCUT2D eigenvalue weighted by molar-refractivity contribution is 5.78. The molecule has 2 N–H and O–H groups in total. The highest BCUT2D eigenvalue weighted by atomic mass is 16.1. The summed E-state index contributed by atoms with van der Waals surface area (Å²) >= 11 is 0. The second-order valence-corrected chi connectivity index (χ2v) is 6.50. The second kappa shape index (κ2) is 8.65. The van der Waals surface area contributed by atoms with Crippen LogP contribution in [0.3, 0.4) is 0 Å². The van der Waals surface area contributed by atoms with Crippen LogP contribution in [-0.2, 0) is 4.79 Å². The summed E-state index contributed by atoms with van der Waals surface area (Å²) in [6.07, 6.45) is 3.01. The van der Waals surface area contributed by atoms with Gasteiger partial charge in [0.25, 0.3) is 0 Å². The fourth-order valence-corrected chi connectivity index (χ4v) is 3.46. The molecular weight excluding hydrogens is 296 g/mol. The van der Waals surface area contributed by atoms with Crippen LogP contribution in [0.15, 0.2) is 60.7 Å². The number of carbonyl (C=O) groups is 1. The first-order valence-corrected chi connectivity index (χ1v) is 8.93. The van der Waals surface area contributed by atoms with Gasteiger partial charge in [0.1, 0.15) is 0 Å². The molecule has 24 heavy (non-hydrogen) atoms. The average molecular weight is 322 g/mol. The largest absolute Gasteiger partial charge is 0.356 e. The summed E-state index contributed by atoms with van der Waals surface area (Å²) in [5.74, 6) is 0.643. The summed E-state index contributed by atoms with van der Waals surface area (Å²) in [4.78, 5) is 12.3. The van der Waals surface area contributed by atoms with E-state index in [0.717, 1.165) is 32.4 Å². The smallest absolute Gasteiger partial charge is 0.224 e. The predicted octanol–water partition coefficient (Wildman–Crippen LogP) is 3.32. The number of benzene rings is 2. The lowest BCUT2D eigenvalue weighted by atomic mass is 9.88. The Morgan fingerprint density at radius 2 is 1.67 bits per heavy atom. The van der Waals surface area contributed by atoms with Crippen molar-refractivity contribution >= 4 is 5.91 Å². The maximum absolute atomic E-state index is 12.3. The van der Waals surface area contributed by atoms with Crippen molar-refractivity contribution in [1.82, 2.24) is 10.6 Å². The van der Waals surface area contributed by atoms with E-state index in [1.165, 1.54) is 11.1 Å². The Morgan fingerprint density at radius 3 is 2.21 bits per heavy atom. The van der Waals surface area contributed by atoms with Gasteiger partial charge in [0.2, 0.25) is 5.91 Å². The standard InChI is InChI=1S/C21H26N2O/c24-21(19-12-7-14-22-16-19)23-15-13-20(17-8-3-1-4-9-17)18-10-5-2-6-11-18/h1-6,8-11,19-20,22H,7,12-16H2,(H,23,24). The number of carbonyl (C=O) groups excluding carboxylic acids is 1. The van der Waals surface area contributed by atoms with E-state index in [9.17, 15) is 4.79 Å². The fourth-order valence-electron chi connectivity index (χ4n) is 3.46. The third kappa shape index (κ3) is 4.45. The number of rotatable bonds is 6. The van der Waals surface area contributed by atoms with Gasteiger partial charge in [-0.05, 0) is 36.9 Å². The van der Waals surface area contributed by atoms with Gasteiger partial charge in [-0.25, -0.2) is 0 Å². The molecule has 1 fully saturated rings. The second-order valence-electron chi connectivity index (χ2n) is 6.50. The van der Waals surface area contributed by atoms with E-state index in [0.29, 0.717) is 12.5 Å². The van der Waals surface area contributed by atoms with Crippen LogP contribution in [0.5, 0.6) is 0 Å². The van der Waals surface area contributed by atoms with E-state index in [1.807, 2.05) is 12.1 Å². The first-order valence-electron chi connectivity index (χ1n) is 8.93. The zero-order chi connectivity index (χ0) is 16.6. The van der Waals surface area contributed by atoms with E-state index < -0.39 is 0 Å². The quantitative estimate of drug-likeness (QED) is 0.856. The van der Waals surface area contributed by atoms with Gasteiger partial charge in [0.05, 0.1) is 5.92 Å². The molecule has 2 aromatic rings. The molecule has 1 heterocycles. The molecule has 1 saturated heterocycles. The molecule has 3 heteroatoms. The normalized spacial score (nSPS) is 17.6. The molecule has 0 aromatic heterocycles. The lowest BCUT2D eigenvalue weighted by Crippen LogP contribution is -2.41. The van der Waals surface area contributed by atoms with Crippen molar-refractivity contribution in [3.05, 3.63) is 71.8 Å². The number of nitrogens with one attached hydrogen (secondary N) is 2. The van der Waals surface area contributed by atoms with Crippen LogP contribution in [0, 0.1) is 5.92 Å². The summed E-state index contributed by atoms with van der Waals surface area (Å²) < 4.78 is 0. The van der Waals surface area contributed by atoms with Crippen molar-refractivity contribution in [1.29, 1.82) is 0 Å². The molecule has 0 spiro atoms. The minimum absolute atomic E-state index is 0.130. The Hall–Kier alpha value is -2.13. The van der Waals surface area contributed by atoms with Crippen LogP contribution in [0.1, 0.15) is 36.3 Å². The summed E-state index contributed by atoms with van der Waals surface area (Å²) in [6.45, 7) is 2.56. The zero-order valence-electron chi connectivity index (χ0n) is 14.1. The third-order valence-corrected chi connectivity index (χ3v) is 4.80. The van der Waals surface area contributed by atoms with Gasteiger partial charge < -0.3 is 10.6 Å². The number of hydrogen-bond donors (Lipinski definition) is 2. The predicted molar refractivity (Wildman–Crippen MR) is 97.9 cm³/mol. The topological polar surface area (TPSA) is 41.1 Å². The van der Waals surface area contributed by atoms with Crippen molar-refractivity contribution in [2.24, 2.45) is 5.92 Å². The van der Waals surface area contributed by atoms with Gasteiger partial charge in [-0.15, -0.1) is 0 Å². The van der Waals surface area contributed by atoms with Crippen molar-refractivity contribution in [2.45, 2.75) is 25.2 Å². The molecule has 3 nitrogen and oxygen atoms in total. The summed E-state index contributed by atoms with van der Waals surface area (Å²) in [6, 6.07) is 21.1. The van der Waals surface area contributed by atoms with E-state index in [2.05, 4.69) is 59.2 Å². The van der Waals surface area contributed by atoms with Crippen molar-refractivity contribution in [2.75, 3.05) is 19.6 Å². The van der Waals surface area contributed by atoms with E-state index in [4.69, 9.17) is 0 Å². The first-order chi connectivity index (χ1) is 11.8. The van der Waals surface area contributed by atoms with Gasteiger partial charge in [0, 0.05) is 19.0 Å². The molecule has 2 aromatic carbocycles.